The van der Waals surface area contributed by atoms with Crippen LogP contribution < -0.4 is 4.72 Å². The number of halogens is 1. The van der Waals surface area contributed by atoms with Crippen LogP contribution >= 0.6 is 22.9 Å². The van der Waals surface area contributed by atoms with Crippen molar-refractivity contribution in [3.05, 3.63) is 51.9 Å². The normalized spacial score (nSPS) is 11.4. The van der Waals surface area contributed by atoms with Gasteiger partial charge in [0.05, 0.1) is 5.56 Å². The van der Waals surface area contributed by atoms with Crippen molar-refractivity contribution in [1.29, 1.82) is 0 Å². The van der Waals surface area contributed by atoms with E-state index < -0.39 is 16.0 Å². The molecule has 0 atom stereocenters. The van der Waals surface area contributed by atoms with Crippen LogP contribution in [0.2, 0.25) is 5.02 Å². The second-order valence-electron chi connectivity index (χ2n) is 3.88. The number of carboxylic acid groups (broad SMARTS) is 1. The van der Waals surface area contributed by atoms with Crippen LogP contribution in [0.1, 0.15) is 15.9 Å². The summed E-state index contributed by atoms with van der Waals surface area (Å²) in [7, 11) is -3.74. The number of aromatic carboxylic acids is 1. The van der Waals surface area contributed by atoms with Gasteiger partial charge in [0.15, 0.2) is 0 Å². The van der Waals surface area contributed by atoms with Gasteiger partial charge < -0.3 is 5.11 Å². The first-order valence-electron chi connectivity index (χ1n) is 5.45. The Hall–Kier alpha value is -1.41. The molecule has 2 rings (SSSR count). The van der Waals surface area contributed by atoms with Crippen molar-refractivity contribution in [3.8, 4) is 0 Å². The van der Waals surface area contributed by atoms with Crippen LogP contribution in [0, 0.1) is 0 Å². The zero-order valence-corrected chi connectivity index (χ0v) is 12.4. The van der Waals surface area contributed by atoms with E-state index in [1.165, 1.54) is 5.38 Å². The van der Waals surface area contributed by atoms with E-state index in [1.807, 2.05) is 0 Å². The van der Waals surface area contributed by atoms with Crippen LogP contribution in [-0.4, -0.2) is 19.5 Å². The third-order valence-electron chi connectivity index (χ3n) is 2.50. The fourth-order valence-corrected chi connectivity index (χ4v) is 3.86. The smallest absolute Gasteiger partial charge is 0.336 e. The first kappa shape index (κ1) is 15.0. The predicted molar refractivity (Wildman–Crippen MR) is 76.8 cm³/mol. The van der Waals surface area contributed by atoms with Crippen LogP contribution in [-0.2, 0) is 16.6 Å². The van der Waals surface area contributed by atoms with Crippen molar-refractivity contribution < 1.29 is 18.3 Å². The van der Waals surface area contributed by atoms with E-state index in [0.29, 0.717) is 10.6 Å². The molecule has 8 heteroatoms. The number of carboxylic acids is 1. The van der Waals surface area contributed by atoms with Gasteiger partial charge in [-0.1, -0.05) is 29.8 Å². The summed E-state index contributed by atoms with van der Waals surface area (Å²) in [4.78, 5) is 10.7. The Morgan fingerprint density at radius 2 is 2.05 bits per heavy atom. The highest BCUT2D eigenvalue weighted by Crippen LogP contribution is 2.21. The molecule has 5 nitrogen and oxygen atoms in total. The Labute approximate surface area is 124 Å². The van der Waals surface area contributed by atoms with Gasteiger partial charge in [0.1, 0.15) is 4.21 Å². The molecule has 2 N–H and O–H groups in total. The highest BCUT2D eigenvalue weighted by atomic mass is 35.5. The number of hydrogen-bond donors (Lipinski definition) is 2. The van der Waals surface area contributed by atoms with Crippen molar-refractivity contribution in [3.63, 3.8) is 0 Å². The quantitative estimate of drug-likeness (QED) is 0.882. The molecule has 1 heterocycles. The summed E-state index contributed by atoms with van der Waals surface area (Å²) in [5, 5.41) is 10.5. The summed E-state index contributed by atoms with van der Waals surface area (Å²) in [6.07, 6.45) is 0. The SMILES string of the molecule is O=C(O)c1csc(S(=O)(=O)NCc2ccccc2Cl)c1. The van der Waals surface area contributed by atoms with Crippen molar-refractivity contribution in [1.82, 2.24) is 4.72 Å². The van der Waals surface area contributed by atoms with Gasteiger partial charge in [-0.2, -0.15) is 0 Å². The number of rotatable bonds is 5. The van der Waals surface area contributed by atoms with Gasteiger partial charge in [0, 0.05) is 16.9 Å². The topological polar surface area (TPSA) is 83.5 Å². The molecule has 0 amide bonds. The van der Waals surface area contributed by atoms with Gasteiger partial charge >= 0.3 is 5.97 Å². The minimum Gasteiger partial charge on any atom is -0.478 e. The van der Waals surface area contributed by atoms with Gasteiger partial charge in [-0.25, -0.2) is 17.9 Å². The molecule has 0 saturated heterocycles. The van der Waals surface area contributed by atoms with Crippen LogP contribution in [0.3, 0.4) is 0 Å². The molecule has 0 radical (unpaired) electrons. The number of sulfonamides is 1. The minimum absolute atomic E-state index is 0.0399. The largest absolute Gasteiger partial charge is 0.478 e. The van der Waals surface area contributed by atoms with Gasteiger partial charge in [-0.3, -0.25) is 0 Å². The number of hydrogen-bond acceptors (Lipinski definition) is 4. The molecule has 106 valence electrons. The first-order chi connectivity index (χ1) is 9.40. The fraction of sp³-hybridized carbons (Fsp3) is 0.0833. The molecule has 0 aliphatic carbocycles. The van der Waals surface area contributed by atoms with E-state index in [9.17, 15) is 13.2 Å². The van der Waals surface area contributed by atoms with E-state index in [0.717, 1.165) is 17.4 Å². The van der Waals surface area contributed by atoms with Gasteiger partial charge in [-0.05, 0) is 17.7 Å². The third kappa shape index (κ3) is 3.37. The first-order valence-corrected chi connectivity index (χ1v) is 8.19. The van der Waals surface area contributed by atoms with Crippen molar-refractivity contribution in [2.24, 2.45) is 0 Å². The van der Waals surface area contributed by atoms with E-state index >= 15 is 0 Å². The number of thiophene rings is 1. The average molecular weight is 332 g/mol. The zero-order valence-electron chi connectivity index (χ0n) is 10.0. The molecule has 1 aromatic heterocycles. The Kier molecular flexibility index (Phi) is 4.44. The molecule has 0 saturated carbocycles. The Morgan fingerprint density at radius 1 is 1.35 bits per heavy atom. The molecular formula is C12H10ClNO4S2. The lowest BCUT2D eigenvalue weighted by Crippen LogP contribution is -2.22. The standard InChI is InChI=1S/C12H10ClNO4S2/c13-10-4-2-1-3-8(10)6-14-20(17,18)11-5-9(7-19-11)12(15)16/h1-5,7,14H,6H2,(H,15,16). The number of benzene rings is 1. The second kappa shape index (κ2) is 5.92. The van der Waals surface area contributed by atoms with Gasteiger partial charge in [-0.15, -0.1) is 11.3 Å². The van der Waals surface area contributed by atoms with Gasteiger partial charge in [0.2, 0.25) is 10.0 Å². The molecular weight excluding hydrogens is 322 g/mol. The summed E-state index contributed by atoms with van der Waals surface area (Å²) in [5.41, 5.74) is 0.598. The molecule has 0 spiro atoms. The lowest BCUT2D eigenvalue weighted by Gasteiger charge is -2.06. The molecule has 0 fully saturated rings. The van der Waals surface area contributed by atoms with E-state index in [2.05, 4.69) is 4.72 Å². The molecule has 0 aliphatic heterocycles. The number of nitrogens with one attached hydrogen (secondary N) is 1. The van der Waals surface area contributed by atoms with Crippen LogP contribution in [0.25, 0.3) is 0 Å². The third-order valence-corrected chi connectivity index (χ3v) is 5.71. The van der Waals surface area contributed by atoms with Crippen LogP contribution in [0.4, 0.5) is 0 Å². The van der Waals surface area contributed by atoms with Crippen molar-refractivity contribution in [2.75, 3.05) is 0 Å². The molecule has 0 bridgehead atoms. The van der Waals surface area contributed by atoms with Crippen molar-refractivity contribution in [2.45, 2.75) is 10.8 Å². The lowest BCUT2D eigenvalue weighted by atomic mass is 10.2. The highest BCUT2D eigenvalue weighted by Gasteiger charge is 2.18. The molecule has 0 unspecified atom stereocenters. The van der Waals surface area contributed by atoms with E-state index in [-0.39, 0.29) is 16.3 Å². The highest BCUT2D eigenvalue weighted by molar-refractivity contribution is 7.91. The van der Waals surface area contributed by atoms with Gasteiger partial charge in [0.25, 0.3) is 0 Å². The Balaban J connectivity index is 2.15. The summed E-state index contributed by atoms with van der Waals surface area (Å²) in [6, 6.07) is 8.00. The predicted octanol–water partition coefficient (Wildman–Crippen LogP) is 2.58. The summed E-state index contributed by atoms with van der Waals surface area (Å²) in [6.45, 7) is 0.0440. The zero-order chi connectivity index (χ0) is 14.8. The monoisotopic (exact) mass is 331 g/mol. The molecule has 2 aromatic rings. The summed E-state index contributed by atoms with van der Waals surface area (Å²) in [5.74, 6) is -1.16. The molecule has 20 heavy (non-hydrogen) atoms. The summed E-state index contributed by atoms with van der Waals surface area (Å²) < 4.78 is 26.4. The minimum atomic E-state index is -3.74. The average Bonchev–Trinajstić information content (AvgIpc) is 2.88. The fourth-order valence-electron chi connectivity index (χ4n) is 1.46. The van der Waals surface area contributed by atoms with Crippen LogP contribution in [0.15, 0.2) is 39.9 Å². The maximum Gasteiger partial charge on any atom is 0.336 e. The summed E-state index contributed by atoms with van der Waals surface area (Å²) >= 11 is 6.79. The maximum absolute atomic E-state index is 12.0. The lowest BCUT2D eigenvalue weighted by molar-refractivity contribution is 0.0697. The molecule has 1 aromatic carbocycles. The second-order valence-corrected chi connectivity index (χ2v) is 7.19. The van der Waals surface area contributed by atoms with Crippen molar-refractivity contribution >= 4 is 38.9 Å². The van der Waals surface area contributed by atoms with E-state index in [1.54, 1.807) is 24.3 Å². The Morgan fingerprint density at radius 3 is 2.65 bits per heavy atom. The number of carbonyl (C=O) groups is 1. The molecule has 0 aliphatic rings. The maximum atomic E-state index is 12.0. The van der Waals surface area contributed by atoms with Crippen LogP contribution in [0.5, 0.6) is 0 Å². The Bertz CT molecular complexity index is 739. The van der Waals surface area contributed by atoms with E-state index in [4.69, 9.17) is 16.7 Å².